The zero-order valence-electron chi connectivity index (χ0n) is 15.1. The van der Waals surface area contributed by atoms with Crippen LogP contribution in [0.3, 0.4) is 0 Å². The number of aryl methyl sites for hydroxylation is 2. The van der Waals surface area contributed by atoms with Crippen molar-refractivity contribution >= 4 is 22.8 Å². The Kier molecular flexibility index (Phi) is 5.08. The molecule has 2 aromatic rings. The third kappa shape index (κ3) is 3.69. The molecule has 6 nitrogen and oxygen atoms in total. The minimum atomic E-state index is -0.267. The molecule has 1 saturated heterocycles. The lowest BCUT2D eigenvalue weighted by atomic mass is 10.0. The summed E-state index contributed by atoms with van der Waals surface area (Å²) in [6.07, 6.45) is -0.267. The van der Waals surface area contributed by atoms with Gasteiger partial charge in [-0.1, -0.05) is 12.1 Å². The first kappa shape index (κ1) is 17.5. The molecule has 0 saturated carbocycles. The minimum Gasteiger partial charge on any atom is -0.450 e. The number of hydrogen-bond acceptors (Lipinski definition) is 4. The SMILES string of the molecule is CCOC(=O)N1CCN(CC(=O)c2c(C)[nH]c3cc(C)ccc23)CC1. The van der Waals surface area contributed by atoms with Crippen LogP contribution >= 0.6 is 0 Å². The number of amides is 1. The molecular formula is C19H25N3O3. The highest BCUT2D eigenvalue weighted by Gasteiger charge is 2.25. The van der Waals surface area contributed by atoms with Gasteiger partial charge in [-0.3, -0.25) is 9.69 Å². The van der Waals surface area contributed by atoms with E-state index in [1.165, 1.54) is 5.56 Å². The van der Waals surface area contributed by atoms with Crippen molar-refractivity contribution < 1.29 is 14.3 Å². The topological polar surface area (TPSA) is 65.6 Å². The maximum absolute atomic E-state index is 12.8. The summed E-state index contributed by atoms with van der Waals surface area (Å²) in [7, 11) is 0. The molecule has 1 aliphatic heterocycles. The molecule has 1 amide bonds. The third-order valence-corrected chi connectivity index (χ3v) is 4.69. The number of benzene rings is 1. The van der Waals surface area contributed by atoms with Crippen molar-refractivity contribution in [1.82, 2.24) is 14.8 Å². The average molecular weight is 343 g/mol. The van der Waals surface area contributed by atoms with E-state index in [0.29, 0.717) is 39.3 Å². The number of carbonyl (C=O) groups is 2. The summed E-state index contributed by atoms with van der Waals surface area (Å²) in [5, 5.41) is 0.984. The van der Waals surface area contributed by atoms with Crippen LogP contribution in [0.5, 0.6) is 0 Å². The van der Waals surface area contributed by atoms with E-state index in [-0.39, 0.29) is 11.9 Å². The molecule has 1 aliphatic rings. The van der Waals surface area contributed by atoms with Crippen molar-refractivity contribution in [3.05, 3.63) is 35.0 Å². The van der Waals surface area contributed by atoms with Gasteiger partial charge in [0.05, 0.1) is 13.2 Å². The Labute approximate surface area is 147 Å². The molecular weight excluding hydrogens is 318 g/mol. The van der Waals surface area contributed by atoms with Crippen molar-refractivity contribution in [2.24, 2.45) is 0 Å². The Balaban J connectivity index is 1.66. The summed E-state index contributed by atoms with van der Waals surface area (Å²) < 4.78 is 5.03. The van der Waals surface area contributed by atoms with E-state index < -0.39 is 0 Å². The van der Waals surface area contributed by atoms with Crippen LogP contribution < -0.4 is 0 Å². The number of Topliss-reactive ketones (excluding diaryl/α,β-unsaturated/α-hetero) is 1. The van der Waals surface area contributed by atoms with Crippen LogP contribution in [0.15, 0.2) is 18.2 Å². The predicted octanol–water partition coefficient (Wildman–Crippen LogP) is 2.74. The lowest BCUT2D eigenvalue weighted by Crippen LogP contribution is -2.50. The highest BCUT2D eigenvalue weighted by Crippen LogP contribution is 2.24. The molecule has 0 bridgehead atoms. The second kappa shape index (κ2) is 7.27. The maximum atomic E-state index is 12.8. The number of ketones is 1. The Hall–Kier alpha value is -2.34. The number of fused-ring (bicyclic) bond motifs is 1. The fraction of sp³-hybridized carbons (Fsp3) is 0.474. The minimum absolute atomic E-state index is 0.122. The van der Waals surface area contributed by atoms with E-state index in [9.17, 15) is 9.59 Å². The van der Waals surface area contributed by atoms with Gasteiger partial charge in [-0.25, -0.2) is 4.79 Å². The molecule has 0 atom stereocenters. The van der Waals surface area contributed by atoms with Gasteiger partial charge >= 0.3 is 6.09 Å². The first-order chi connectivity index (χ1) is 12.0. The molecule has 1 fully saturated rings. The van der Waals surface area contributed by atoms with Crippen molar-refractivity contribution in [3.63, 3.8) is 0 Å². The second-order valence-corrected chi connectivity index (χ2v) is 6.56. The lowest BCUT2D eigenvalue weighted by molar-refractivity contribution is 0.0733. The smallest absolute Gasteiger partial charge is 0.409 e. The van der Waals surface area contributed by atoms with E-state index in [1.54, 1.807) is 11.8 Å². The molecule has 0 spiro atoms. The van der Waals surface area contributed by atoms with Crippen LogP contribution in [0.1, 0.15) is 28.5 Å². The fourth-order valence-corrected chi connectivity index (χ4v) is 3.39. The number of H-pyrrole nitrogens is 1. The highest BCUT2D eigenvalue weighted by molar-refractivity contribution is 6.10. The number of aromatic nitrogens is 1. The number of rotatable bonds is 4. The predicted molar refractivity (Wildman–Crippen MR) is 97.1 cm³/mol. The van der Waals surface area contributed by atoms with E-state index in [0.717, 1.165) is 22.2 Å². The molecule has 0 aliphatic carbocycles. The number of aromatic amines is 1. The summed E-state index contributed by atoms with van der Waals surface area (Å²) in [5.74, 6) is 0.122. The van der Waals surface area contributed by atoms with Crippen LogP contribution in [0.2, 0.25) is 0 Å². The first-order valence-corrected chi connectivity index (χ1v) is 8.75. The van der Waals surface area contributed by atoms with Gasteiger partial charge in [0.15, 0.2) is 5.78 Å². The van der Waals surface area contributed by atoms with E-state index in [2.05, 4.69) is 16.0 Å². The molecule has 3 rings (SSSR count). The summed E-state index contributed by atoms with van der Waals surface area (Å²) in [4.78, 5) is 31.7. The van der Waals surface area contributed by atoms with E-state index >= 15 is 0 Å². The van der Waals surface area contributed by atoms with Crippen molar-refractivity contribution in [2.45, 2.75) is 20.8 Å². The van der Waals surface area contributed by atoms with Gasteiger partial charge in [-0.05, 0) is 32.4 Å². The summed E-state index contributed by atoms with van der Waals surface area (Å²) in [6, 6.07) is 6.11. The number of carbonyl (C=O) groups excluding carboxylic acids is 2. The molecule has 6 heteroatoms. The van der Waals surface area contributed by atoms with Crippen LogP contribution in [-0.2, 0) is 4.74 Å². The molecule has 0 unspecified atom stereocenters. The van der Waals surface area contributed by atoms with Crippen LogP contribution in [-0.4, -0.2) is 66.0 Å². The zero-order valence-corrected chi connectivity index (χ0v) is 15.1. The Morgan fingerprint density at radius 1 is 1.16 bits per heavy atom. The van der Waals surface area contributed by atoms with Gasteiger partial charge < -0.3 is 14.6 Å². The van der Waals surface area contributed by atoms with E-state index in [1.807, 2.05) is 26.0 Å². The molecule has 134 valence electrons. The van der Waals surface area contributed by atoms with Crippen molar-refractivity contribution in [2.75, 3.05) is 39.3 Å². The standard InChI is InChI=1S/C19H25N3O3/c1-4-25-19(24)22-9-7-21(8-10-22)12-17(23)18-14(3)20-16-11-13(2)5-6-15(16)18/h5-6,11,20H,4,7-10,12H2,1-3H3. The number of hydrogen-bond donors (Lipinski definition) is 1. The summed E-state index contributed by atoms with van der Waals surface area (Å²) in [6.45, 7) is 9.11. The fourth-order valence-electron chi connectivity index (χ4n) is 3.39. The number of nitrogens with one attached hydrogen (secondary N) is 1. The molecule has 1 aromatic carbocycles. The summed E-state index contributed by atoms with van der Waals surface area (Å²) in [5.41, 5.74) is 3.87. The number of ether oxygens (including phenoxy) is 1. The van der Waals surface area contributed by atoms with Gasteiger partial charge in [0.25, 0.3) is 0 Å². The Morgan fingerprint density at radius 3 is 2.56 bits per heavy atom. The molecule has 1 aromatic heterocycles. The number of nitrogens with zero attached hydrogens (tertiary/aromatic N) is 2. The third-order valence-electron chi connectivity index (χ3n) is 4.69. The van der Waals surface area contributed by atoms with Crippen molar-refractivity contribution in [3.8, 4) is 0 Å². The molecule has 0 radical (unpaired) electrons. The Morgan fingerprint density at radius 2 is 1.88 bits per heavy atom. The Bertz CT molecular complexity index is 789. The normalized spacial score (nSPS) is 15.6. The first-order valence-electron chi connectivity index (χ1n) is 8.75. The van der Waals surface area contributed by atoms with Gasteiger partial charge in [-0.15, -0.1) is 0 Å². The average Bonchev–Trinajstić information content (AvgIpc) is 2.90. The zero-order chi connectivity index (χ0) is 18.0. The lowest BCUT2D eigenvalue weighted by Gasteiger charge is -2.33. The maximum Gasteiger partial charge on any atom is 0.409 e. The van der Waals surface area contributed by atoms with E-state index in [4.69, 9.17) is 4.74 Å². The van der Waals surface area contributed by atoms with Crippen LogP contribution in [0, 0.1) is 13.8 Å². The monoisotopic (exact) mass is 343 g/mol. The quantitative estimate of drug-likeness (QED) is 0.867. The van der Waals surface area contributed by atoms with Crippen LogP contribution in [0.4, 0.5) is 4.79 Å². The van der Waals surface area contributed by atoms with Crippen LogP contribution in [0.25, 0.3) is 10.9 Å². The highest BCUT2D eigenvalue weighted by atomic mass is 16.6. The van der Waals surface area contributed by atoms with Gasteiger partial charge in [0, 0.05) is 48.3 Å². The number of piperazine rings is 1. The van der Waals surface area contributed by atoms with Gasteiger partial charge in [-0.2, -0.15) is 0 Å². The van der Waals surface area contributed by atoms with Crippen molar-refractivity contribution in [1.29, 1.82) is 0 Å². The largest absolute Gasteiger partial charge is 0.450 e. The molecule has 1 N–H and O–H groups in total. The van der Waals surface area contributed by atoms with Gasteiger partial charge in [0.1, 0.15) is 0 Å². The van der Waals surface area contributed by atoms with Gasteiger partial charge in [0.2, 0.25) is 0 Å². The molecule has 2 heterocycles. The molecule has 25 heavy (non-hydrogen) atoms. The second-order valence-electron chi connectivity index (χ2n) is 6.56. The summed E-state index contributed by atoms with van der Waals surface area (Å²) >= 11 is 0.